The van der Waals surface area contributed by atoms with Gasteiger partial charge >= 0.3 is 0 Å². The van der Waals surface area contributed by atoms with Crippen molar-refractivity contribution in [2.75, 3.05) is 0 Å². The Labute approximate surface area is 129 Å². The number of para-hydroxylation sites is 3. The van der Waals surface area contributed by atoms with Gasteiger partial charge in [-0.15, -0.1) is 0 Å². The molecule has 0 fully saturated rings. The molecule has 1 aromatic heterocycles. The highest BCUT2D eigenvalue weighted by atomic mass is 35.5. The Morgan fingerprint density at radius 1 is 1.10 bits per heavy atom. The van der Waals surface area contributed by atoms with Crippen LogP contribution in [0.4, 0.5) is 0 Å². The molecule has 0 N–H and O–H groups in total. The molecule has 3 nitrogen and oxygen atoms in total. The van der Waals surface area contributed by atoms with Crippen molar-refractivity contribution in [3.63, 3.8) is 0 Å². The minimum Gasteiger partial charge on any atom is -0.484 e. The zero-order valence-electron chi connectivity index (χ0n) is 12.1. The van der Waals surface area contributed by atoms with Crippen LogP contribution in [-0.2, 0) is 6.61 Å². The molecule has 0 aliphatic carbocycles. The van der Waals surface area contributed by atoms with E-state index < -0.39 is 0 Å². The Morgan fingerprint density at radius 3 is 2.57 bits per heavy atom. The van der Waals surface area contributed by atoms with Crippen LogP contribution in [0.2, 0.25) is 5.02 Å². The molecule has 0 radical (unpaired) electrons. The van der Waals surface area contributed by atoms with Crippen LogP contribution in [0.3, 0.4) is 0 Å². The lowest BCUT2D eigenvalue weighted by Crippen LogP contribution is -2.09. The number of hydrogen-bond donors (Lipinski definition) is 0. The molecular formula is C17H17ClN2O. The predicted octanol–water partition coefficient (Wildman–Crippen LogP) is 4.85. The largest absolute Gasteiger partial charge is 0.484 e. The fourth-order valence-corrected chi connectivity index (χ4v) is 2.67. The van der Waals surface area contributed by atoms with Gasteiger partial charge in [0.1, 0.15) is 18.2 Å². The first kappa shape index (κ1) is 14.0. The van der Waals surface area contributed by atoms with Crippen molar-refractivity contribution in [1.82, 2.24) is 9.55 Å². The Bertz CT molecular complexity index is 764. The van der Waals surface area contributed by atoms with Gasteiger partial charge in [0.25, 0.3) is 0 Å². The number of rotatable bonds is 4. The molecule has 0 saturated carbocycles. The fourth-order valence-electron chi connectivity index (χ4n) is 2.48. The monoisotopic (exact) mass is 300 g/mol. The topological polar surface area (TPSA) is 27.1 Å². The third-order valence-electron chi connectivity index (χ3n) is 3.38. The van der Waals surface area contributed by atoms with E-state index in [2.05, 4.69) is 29.5 Å². The first-order valence-electron chi connectivity index (χ1n) is 7.00. The van der Waals surface area contributed by atoms with Crippen LogP contribution in [0.5, 0.6) is 5.75 Å². The van der Waals surface area contributed by atoms with Crippen molar-refractivity contribution < 1.29 is 4.74 Å². The number of halogens is 1. The third kappa shape index (κ3) is 2.74. The Kier molecular flexibility index (Phi) is 3.84. The smallest absolute Gasteiger partial charge is 0.148 e. The Balaban J connectivity index is 1.93. The number of imidazole rings is 1. The van der Waals surface area contributed by atoms with Crippen LogP contribution in [0, 0.1) is 0 Å². The molecule has 108 valence electrons. The number of nitrogens with zero attached hydrogens (tertiary/aromatic N) is 2. The van der Waals surface area contributed by atoms with Crippen molar-refractivity contribution >= 4 is 22.6 Å². The molecule has 3 rings (SSSR count). The molecule has 1 heterocycles. The van der Waals surface area contributed by atoms with Gasteiger partial charge in [0, 0.05) is 6.04 Å². The standard InChI is InChI=1S/C17H17ClN2O/c1-12(2)20-15-9-5-4-8-14(15)19-17(20)11-21-16-10-6-3-7-13(16)18/h3-10,12H,11H2,1-2H3. The predicted molar refractivity (Wildman–Crippen MR) is 85.9 cm³/mol. The number of aromatic nitrogens is 2. The maximum atomic E-state index is 6.12. The molecule has 3 aromatic rings. The summed E-state index contributed by atoms with van der Waals surface area (Å²) in [5, 5.41) is 0.615. The van der Waals surface area contributed by atoms with E-state index in [0.717, 1.165) is 16.9 Å². The maximum Gasteiger partial charge on any atom is 0.148 e. The molecule has 2 aromatic carbocycles. The van der Waals surface area contributed by atoms with Gasteiger partial charge in [-0.3, -0.25) is 0 Å². The fraction of sp³-hybridized carbons (Fsp3) is 0.235. The molecule has 0 unspecified atom stereocenters. The molecule has 21 heavy (non-hydrogen) atoms. The molecule has 0 spiro atoms. The Morgan fingerprint density at radius 2 is 1.81 bits per heavy atom. The number of ether oxygens (including phenoxy) is 1. The van der Waals surface area contributed by atoms with Gasteiger partial charge in [-0.2, -0.15) is 0 Å². The van der Waals surface area contributed by atoms with Crippen LogP contribution < -0.4 is 4.74 Å². The summed E-state index contributed by atoms with van der Waals surface area (Å²) in [6.45, 7) is 4.69. The average molecular weight is 301 g/mol. The number of fused-ring (bicyclic) bond motifs is 1. The normalized spacial score (nSPS) is 11.2. The second-order valence-electron chi connectivity index (χ2n) is 5.20. The molecular weight excluding hydrogens is 284 g/mol. The summed E-state index contributed by atoms with van der Waals surface area (Å²) in [4.78, 5) is 4.67. The zero-order chi connectivity index (χ0) is 14.8. The molecule has 0 atom stereocenters. The molecule has 0 amide bonds. The van der Waals surface area contributed by atoms with E-state index in [-0.39, 0.29) is 0 Å². The van der Waals surface area contributed by atoms with Crippen LogP contribution in [-0.4, -0.2) is 9.55 Å². The van der Waals surface area contributed by atoms with Gasteiger partial charge in [0.05, 0.1) is 16.1 Å². The zero-order valence-corrected chi connectivity index (χ0v) is 12.8. The first-order valence-corrected chi connectivity index (χ1v) is 7.38. The van der Waals surface area contributed by atoms with Crippen LogP contribution >= 0.6 is 11.6 Å². The van der Waals surface area contributed by atoms with Gasteiger partial charge in [0.15, 0.2) is 0 Å². The van der Waals surface area contributed by atoms with Crippen LogP contribution in [0.1, 0.15) is 25.7 Å². The van der Waals surface area contributed by atoms with E-state index in [1.54, 1.807) is 0 Å². The molecule has 0 saturated heterocycles. The van der Waals surface area contributed by atoms with E-state index in [0.29, 0.717) is 23.4 Å². The Hall–Kier alpha value is -2.00. The summed E-state index contributed by atoms with van der Waals surface area (Å²) in [5.41, 5.74) is 2.12. The highest BCUT2D eigenvalue weighted by Crippen LogP contribution is 2.26. The van der Waals surface area contributed by atoms with E-state index in [1.165, 1.54) is 0 Å². The molecule has 0 bridgehead atoms. The van der Waals surface area contributed by atoms with Crippen molar-refractivity contribution in [1.29, 1.82) is 0 Å². The van der Waals surface area contributed by atoms with Gasteiger partial charge < -0.3 is 9.30 Å². The van der Waals surface area contributed by atoms with Gasteiger partial charge in [-0.1, -0.05) is 35.9 Å². The van der Waals surface area contributed by atoms with Crippen molar-refractivity contribution in [3.05, 3.63) is 59.4 Å². The minimum absolute atomic E-state index is 0.322. The second-order valence-corrected chi connectivity index (χ2v) is 5.61. The highest BCUT2D eigenvalue weighted by molar-refractivity contribution is 6.32. The summed E-state index contributed by atoms with van der Waals surface area (Å²) in [7, 11) is 0. The van der Waals surface area contributed by atoms with Gasteiger partial charge in [-0.05, 0) is 38.1 Å². The van der Waals surface area contributed by atoms with Gasteiger partial charge in [0.2, 0.25) is 0 Å². The van der Waals surface area contributed by atoms with E-state index in [4.69, 9.17) is 16.3 Å². The second kappa shape index (κ2) is 5.78. The summed E-state index contributed by atoms with van der Waals surface area (Å²) in [6.07, 6.45) is 0. The molecule has 4 heteroatoms. The summed E-state index contributed by atoms with van der Waals surface area (Å²) in [5.74, 6) is 1.59. The highest BCUT2D eigenvalue weighted by Gasteiger charge is 2.13. The number of benzene rings is 2. The molecule has 0 aliphatic rings. The van der Waals surface area contributed by atoms with Crippen molar-refractivity contribution in [2.45, 2.75) is 26.5 Å². The van der Waals surface area contributed by atoms with Crippen LogP contribution in [0.25, 0.3) is 11.0 Å². The van der Waals surface area contributed by atoms with Gasteiger partial charge in [-0.25, -0.2) is 4.98 Å². The summed E-state index contributed by atoms with van der Waals surface area (Å²) >= 11 is 6.12. The lowest BCUT2D eigenvalue weighted by molar-refractivity contribution is 0.287. The van der Waals surface area contributed by atoms with E-state index >= 15 is 0 Å². The van der Waals surface area contributed by atoms with E-state index in [9.17, 15) is 0 Å². The minimum atomic E-state index is 0.322. The maximum absolute atomic E-state index is 6.12. The molecule has 0 aliphatic heterocycles. The third-order valence-corrected chi connectivity index (χ3v) is 3.69. The lowest BCUT2D eigenvalue weighted by atomic mass is 10.3. The number of hydrogen-bond acceptors (Lipinski definition) is 2. The van der Waals surface area contributed by atoms with E-state index in [1.807, 2.05) is 42.5 Å². The first-order chi connectivity index (χ1) is 10.2. The average Bonchev–Trinajstić information content (AvgIpc) is 2.85. The summed E-state index contributed by atoms with van der Waals surface area (Å²) in [6, 6.07) is 15.9. The lowest BCUT2D eigenvalue weighted by Gasteiger charge is -2.14. The van der Waals surface area contributed by atoms with Crippen molar-refractivity contribution in [3.8, 4) is 5.75 Å². The van der Waals surface area contributed by atoms with Crippen molar-refractivity contribution in [2.24, 2.45) is 0 Å². The summed E-state index contributed by atoms with van der Waals surface area (Å²) < 4.78 is 8.03. The quantitative estimate of drug-likeness (QED) is 0.688. The van der Waals surface area contributed by atoms with Crippen LogP contribution in [0.15, 0.2) is 48.5 Å². The SMILES string of the molecule is CC(C)n1c(COc2ccccc2Cl)nc2ccccc21.